The van der Waals surface area contributed by atoms with Crippen LogP contribution in [-0.2, 0) is 43.9 Å². The number of imidazole rings is 1. The van der Waals surface area contributed by atoms with Crippen molar-refractivity contribution in [3.05, 3.63) is 63.0 Å². The number of nitrogens with zero attached hydrogens (tertiary/aromatic N) is 3. The number of nitrogens with two attached hydrogens (primary N) is 2. The molecule has 2 unspecified atom stereocenters. The zero-order chi connectivity index (χ0) is 39.2. The Hall–Kier alpha value is -4.40. The number of imide groups is 1. The van der Waals surface area contributed by atoms with E-state index in [1.165, 1.54) is 4.57 Å². The number of carbonyl (C=O) groups excluding carboxylic acids is 5. The zero-order valence-electron chi connectivity index (χ0n) is 31.8. The van der Waals surface area contributed by atoms with Crippen molar-refractivity contribution in [2.75, 3.05) is 6.61 Å². The van der Waals surface area contributed by atoms with Gasteiger partial charge in [-0.05, 0) is 93.5 Å². The van der Waals surface area contributed by atoms with E-state index in [2.05, 4.69) is 10.6 Å². The highest BCUT2D eigenvalue weighted by molar-refractivity contribution is 6.32. The predicted octanol–water partition coefficient (Wildman–Crippen LogP) is 3.74. The van der Waals surface area contributed by atoms with Crippen LogP contribution in [0.5, 0.6) is 5.75 Å². The molecule has 0 radical (unpaired) electrons. The third-order valence-electron chi connectivity index (χ3n) is 11.3. The molecule has 16 heteroatoms. The molecular weight excluding hydrogens is 761 g/mol. The van der Waals surface area contributed by atoms with Crippen LogP contribution in [0.2, 0.25) is 5.02 Å². The lowest BCUT2D eigenvalue weighted by atomic mass is 9.99. The van der Waals surface area contributed by atoms with Crippen molar-refractivity contribution in [1.82, 2.24) is 24.7 Å². The van der Waals surface area contributed by atoms with Gasteiger partial charge < -0.3 is 26.4 Å². The molecule has 3 aromatic rings. The maximum absolute atomic E-state index is 13.6. The number of rotatable bonds is 15. The number of nitrogens with one attached hydrogen (secondary N) is 2. The standard InChI is InChI=1S/C40H52ClN7O7.ClH/c1-46-32-22-24(14-17-29(32)48(40(46)54)31-19-21-35(50)45-38(31)52)8-3-2-4-9-25-10-7-13-33(36(25)41)55-23-26(15-20-34(43)49)44-37(51)30-18-16-27-11-5-6-12-28(42)39(53)47(27)30;/h7,10,13-14,17,22,26-28,30-31H,2-6,8-9,11-12,15-16,18-21,23,42H2,1H3,(H2,43,49)(H,44,51)(H,45,50,52);1H/t26?,27-,28-,30-,31?;/m0./s1. The second kappa shape index (κ2) is 19.2. The molecule has 3 fully saturated rings. The first-order valence-corrected chi connectivity index (χ1v) is 19.9. The first-order valence-electron chi connectivity index (χ1n) is 19.5. The van der Waals surface area contributed by atoms with E-state index in [9.17, 15) is 28.8 Å². The molecule has 4 heterocycles. The minimum Gasteiger partial charge on any atom is -0.490 e. The van der Waals surface area contributed by atoms with E-state index in [0.717, 1.165) is 74.4 Å². The molecule has 14 nitrogen and oxygen atoms in total. The third kappa shape index (κ3) is 9.75. The minimum absolute atomic E-state index is 0. The van der Waals surface area contributed by atoms with Crippen LogP contribution in [-0.4, -0.2) is 74.3 Å². The Kier molecular flexibility index (Phi) is 14.6. The lowest BCUT2D eigenvalue weighted by molar-refractivity contribution is -0.142. The monoisotopic (exact) mass is 813 g/mol. The van der Waals surface area contributed by atoms with Crippen molar-refractivity contribution in [2.24, 2.45) is 18.5 Å². The van der Waals surface area contributed by atoms with Gasteiger partial charge in [0.15, 0.2) is 0 Å². The summed E-state index contributed by atoms with van der Waals surface area (Å²) < 4.78 is 9.18. The molecule has 1 aromatic heterocycles. The SMILES string of the molecule is Cl.Cn1c(=O)n(C2CCC(=O)NC2=O)c2ccc(CCCCCc3cccc(OCC(CCC(N)=O)NC(=O)[C@@H]4CC[C@@H]5CCCC[C@H](N)C(=O)N54)c3Cl)cc21. The van der Waals surface area contributed by atoms with Crippen molar-refractivity contribution in [2.45, 2.75) is 127 Å². The van der Waals surface area contributed by atoms with Gasteiger partial charge >= 0.3 is 5.69 Å². The smallest absolute Gasteiger partial charge is 0.329 e. The topological polar surface area (TPSA) is 201 Å². The molecule has 0 saturated carbocycles. The highest BCUT2D eigenvalue weighted by Gasteiger charge is 2.43. The molecule has 5 atom stereocenters. The van der Waals surface area contributed by atoms with Gasteiger partial charge in [0.05, 0.1) is 28.1 Å². The highest BCUT2D eigenvalue weighted by atomic mass is 35.5. The molecule has 0 spiro atoms. The summed E-state index contributed by atoms with van der Waals surface area (Å²) in [6.07, 6.45) is 9.74. The number of aromatic nitrogens is 2. The lowest BCUT2D eigenvalue weighted by Crippen LogP contribution is -2.56. The van der Waals surface area contributed by atoms with Gasteiger partial charge in [0.25, 0.3) is 0 Å². The molecule has 56 heavy (non-hydrogen) atoms. The first kappa shape index (κ1) is 42.7. The Morgan fingerprint density at radius 2 is 1.75 bits per heavy atom. The quantitative estimate of drug-likeness (QED) is 0.131. The number of unbranched alkanes of at least 4 members (excludes halogenated alkanes) is 2. The van der Waals surface area contributed by atoms with E-state index in [4.69, 9.17) is 27.8 Å². The largest absolute Gasteiger partial charge is 0.490 e. The van der Waals surface area contributed by atoms with Crippen molar-refractivity contribution in [3.8, 4) is 5.75 Å². The molecule has 6 rings (SSSR count). The fourth-order valence-electron chi connectivity index (χ4n) is 8.29. The summed E-state index contributed by atoms with van der Waals surface area (Å²) in [7, 11) is 1.69. The van der Waals surface area contributed by atoms with Gasteiger partial charge in [-0.3, -0.25) is 38.4 Å². The summed E-state index contributed by atoms with van der Waals surface area (Å²) in [5, 5.41) is 5.86. The van der Waals surface area contributed by atoms with Crippen molar-refractivity contribution >= 4 is 64.6 Å². The van der Waals surface area contributed by atoms with Crippen LogP contribution in [0.1, 0.15) is 101 Å². The van der Waals surface area contributed by atoms with Crippen LogP contribution in [0.4, 0.5) is 0 Å². The number of carbonyl (C=O) groups is 5. The molecule has 3 aliphatic rings. The van der Waals surface area contributed by atoms with E-state index < -0.39 is 36.0 Å². The molecule has 0 bridgehead atoms. The number of halogens is 2. The van der Waals surface area contributed by atoms with Crippen LogP contribution in [0.25, 0.3) is 11.0 Å². The Bertz CT molecular complexity index is 2000. The molecule has 304 valence electrons. The van der Waals surface area contributed by atoms with Crippen molar-refractivity contribution < 1.29 is 28.7 Å². The van der Waals surface area contributed by atoms with Gasteiger partial charge in [-0.15, -0.1) is 12.4 Å². The Morgan fingerprint density at radius 1 is 0.982 bits per heavy atom. The van der Waals surface area contributed by atoms with Gasteiger partial charge in [-0.2, -0.15) is 0 Å². The molecule has 5 amide bonds. The summed E-state index contributed by atoms with van der Waals surface area (Å²) in [4.78, 5) is 77.4. The van der Waals surface area contributed by atoms with Crippen molar-refractivity contribution in [3.63, 3.8) is 0 Å². The third-order valence-corrected chi connectivity index (χ3v) is 11.8. The lowest BCUT2D eigenvalue weighted by Gasteiger charge is -2.34. The predicted molar refractivity (Wildman–Crippen MR) is 215 cm³/mol. The maximum Gasteiger partial charge on any atom is 0.329 e. The van der Waals surface area contributed by atoms with E-state index in [1.807, 2.05) is 30.3 Å². The number of aryl methyl sites for hydroxylation is 3. The Morgan fingerprint density at radius 3 is 2.52 bits per heavy atom. The van der Waals surface area contributed by atoms with E-state index in [0.29, 0.717) is 35.6 Å². The van der Waals surface area contributed by atoms with Gasteiger partial charge in [0.2, 0.25) is 29.5 Å². The number of piperidine rings is 1. The number of fused-ring (bicyclic) bond motifs is 2. The number of ether oxygens (including phenoxy) is 1. The zero-order valence-corrected chi connectivity index (χ0v) is 33.4. The number of hydrogen-bond donors (Lipinski definition) is 4. The number of benzene rings is 2. The molecule has 6 N–H and O–H groups in total. The summed E-state index contributed by atoms with van der Waals surface area (Å²) in [5.41, 5.74) is 14.8. The molecule has 3 aliphatic heterocycles. The van der Waals surface area contributed by atoms with E-state index in [-0.39, 0.29) is 67.7 Å². The van der Waals surface area contributed by atoms with Crippen LogP contribution >= 0.6 is 24.0 Å². The van der Waals surface area contributed by atoms with Crippen molar-refractivity contribution in [1.29, 1.82) is 0 Å². The number of primary amides is 1. The van der Waals surface area contributed by atoms with Crippen LogP contribution < -0.4 is 32.5 Å². The van der Waals surface area contributed by atoms with Crippen LogP contribution in [0.3, 0.4) is 0 Å². The average molecular weight is 815 g/mol. The second-order valence-corrected chi connectivity index (χ2v) is 15.6. The summed E-state index contributed by atoms with van der Waals surface area (Å²) >= 11 is 6.82. The Balaban J connectivity index is 0.00000600. The van der Waals surface area contributed by atoms with Crippen LogP contribution in [0.15, 0.2) is 41.2 Å². The van der Waals surface area contributed by atoms with Gasteiger partial charge in [0.1, 0.15) is 24.4 Å². The fraction of sp³-hybridized carbons (Fsp3) is 0.550. The fourth-order valence-corrected chi connectivity index (χ4v) is 8.57. The first-order chi connectivity index (χ1) is 26.4. The number of hydrogen-bond acceptors (Lipinski definition) is 8. The van der Waals surface area contributed by atoms with Crippen LogP contribution in [0, 0.1) is 0 Å². The minimum atomic E-state index is -0.716. The van der Waals surface area contributed by atoms with Gasteiger partial charge in [0, 0.05) is 25.9 Å². The Labute approximate surface area is 337 Å². The average Bonchev–Trinajstić information content (AvgIpc) is 3.68. The molecular formula is C40H53Cl2N7O7. The summed E-state index contributed by atoms with van der Waals surface area (Å²) in [5.74, 6) is -1.24. The molecule has 0 aliphatic carbocycles. The summed E-state index contributed by atoms with van der Waals surface area (Å²) in [6, 6.07) is 9.00. The maximum atomic E-state index is 13.6. The summed E-state index contributed by atoms with van der Waals surface area (Å²) in [6.45, 7) is 0.0681. The second-order valence-electron chi connectivity index (χ2n) is 15.2. The normalized spacial score (nSPS) is 21.8. The number of amides is 5. The molecule has 3 saturated heterocycles. The highest BCUT2D eigenvalue weighted by Crippen LogP contribution is 2.32. The van der Waals surface area contributed by atoms with E-state index >= 15 is 0 Å². The van der Waals surface area contributed by atoms with Gasteiger partial charge in [-0.1, -0.05) is 49.1 Å². The molecule has 2 aromatic carbocycles. The van der Waals surface area contributed by atoms with E-state index in [1.54, 1.807) is 22.6 Å². The van der Waals surface area contributed by atoms with Gasteiger partial charge in [-0.25, -0.2) is 4.79 Å².